The largest absolute Gasteiger partial charge is 0.314 e. The van der Waals surface area contributed by atoms with Gasteiger partial charge in [0.05, 0.1) is 0 Å². The van der Waals surface area contributed by atoms with E-state index in [1.807, 2.05) is 30.3 Å². The minimum Gasteiger partial charge on any atom is -0.314 e. The van der Waals surface area contributed by atoms with Crippen molar-refractivity contribution in [1.82, 2.24) is 15.1 Å². The molecule has 4 rings (SSSR count). The monoisotopic (exact) mass is 323 g/mol. The summed E-state index contributed by atoms with van der Waals surface area (Å²) in [5, 5.41) is 6.06. The van der Waals surface area contributed by atoms with Crippen LogP contribution in [-0.2, 0) is 4.79 Å². The first-order valence-corrected chi connectivity index (χ1v) is 8.55. The van der Waals surface area contributed by atoms with Crippen LogP contribution in [0.2, 0.25) is 0 Å². The smallest absolute Gasteiger partial charge is 0.261 e. The van der Waals surface area contributed by atoms with E-state index in [4.69, 9.17) is 0 Å². The second kappa shape index (κ2) is 6.34. The van der Waals surface area contributed by atoms with Crippen LogP contribution in [0.4, 0.5) is 0 Å². The van der Waals surface area contributed by atoms with Crippen LogP contribution < -0.4 is 10.5 Å². The third-order valence-corrected chi connectivity index (χ3v) is 4.87. The molecule has 2 bridgehead atoms. The molecule has 2 aromatic carbocycles. The van der Waals surface area contributed by atoms with E-state index < -0.39 is 0 Å². The minimum absolute atomic E-state index is 0.162. The van der Waals surface area contributed by atoms with E-state index in [0.717, 1.165) is 55.1 Å². The molecule has 2 aromatic rings. The molecule has 2 heterocycles. The molecule has 1 saturated heterocycles. The predicted octanol–water partition coefficient (Wildman–Crippen LogP) is 0.617. The second-order valence-electron chi connectivity index (χ2n) is 6.48. The summed E-state index contributed by atoms with van der Waals surface area (Å²) in [6.45, 7) is 5.50. The summed E-state index contributed by atoms with van der Waals surface area (Å²) < 4.78 is 0. The number of benzene rings is 2. The van der Waals surface area contributed by atoms with Crippen molar-refractivity contribution in [2.75, 3.05) is 39.3 Å². The zero-order valence-corrected chi connectivity index (χ0v) is 13.6. The van der Waals surface area contributed by atoms with E-state index >= 15 is 0 Å². The van der Waals surface area contributed by atoms with Crippen LogP contribution in [0.3, 0.4) is 0 Å². The first-order chi connectivity index (χ1) is 11.7. The third kappa shape index (κ3) is 2.81. The molecule has 124 valence electrons. The molecule has 24 heavy (non-hydrogen) atoms. The van der Waals surface area contributed by atoms with Gasteiger partial charge in [0.2, 0.25) is 0 Å². The standard InChI is InChI=1S/C19H21N3O2/c23-18-13-16-15-4-1-3-14(11-15)12-17(16)19(24)22(18)8-2-7-21-9-5-20-6-10-21/h1,3-4,11-13,20H,2,5-10H2. The summed E-state index contributed by atoms with van der Waals surface area (Å²) in [5.41, 5.74) is 0.643. The molecule has 1 fully saturated rings. The summed E-state index contributed by atoms with van der Waals surface area (Å²) in [6.07, 6.45) is 2.43. The number of fused-ring (bicyclic) bond motifs is 4. The number of hydrogen-bond acceptors (Lipinski definition) is 4. The number of amides is 2. The van der Waals surface area contributed by atoms with Gasteiger partial charge in [0, 0.05) is 44.4 Å². The Bertz CT molecular complexity index is 840. The van der Waals surface area contributed by atoms with Crippen molar-refractivity contribution in [3.8, 4) is 0 Å². The van der Waals surface area contributed by atoms with Crippen LogP contribution in [0.1, 0.15) is 16.8 Å². The molecular weight excluding hydrogens is 302 g/mol. The van der Waals surface area contributed by atoms with E-state index in [1.54, 1.807) is 6.08 Å². The Morgan fingerprint density at radius 1 is 1.04 bits per heavy atom. The van der Waals surface area contributed by atoms with Gasteiger partial charge in [0.1, 0.15) is 0 Å². The molecule has 2 aliphatic rings. The number of piperazine rings is 1. The number of carbonyl (C=O) groups excluding carboxylic acids is 2. The van der Waals surface area contributed by atoms with Crippen molar-refractivity contribution >= 4 is 28.7 Å². The normalized spacial score (nSPS) is 18.8. The molecule has 0 unspecified atom stereocenters. The van der Waals surface area contributed by atoms with Gasteiger partial charge in [-0.25, -0.2) is 0 Å². The Balaban J connectivity index is 1.51. The lowest BCUT2D eigenvalue weighted by Gasteiger charge is -2.29. The lowest BCUT2D eigenvalue weighted by Crippen LogP contribution is -2.46. The van der Waals surface area contributed by atoms with Gasteiger partial charge in [-0.2, -0.15) is 0 Å². The minimum atomic E-state index is -0.195. The lowest BCUT2D eigenvalue weighted by atomic mass is 9.99. The molecule has 2 amide bonds. The lowest BCUT2D eigenvalue weighted by molar-refractivity contribution is -0.122. The Morgan fingerprint density at radius 3 is 2.71 bits per heavy atom. The molecule has 5 nitrogen and oxygen atoms in total. The molecule has 0 saturated carbocycles. The number of hydrogen-bond donors (Lipinski definition) is 1. The second-order valence-corrected chi connectivity index (χ2v) is 6.48. The SMILES string of the molecule is O=C1C=c2c(cc3cccc2c3)C(=O)N1CCCN1CCNCC1. The highest BCUT2D eigenvalue weighted by molar-refractivity contribution is 6.20. The predicted molar refractivity (Wildman–Crippen MR) is 93.6 cm³/mol. The Labute approximate surface area is 140 Å². The number of nitrogens with one attached hydrogen (secondary N) is 1. The maximum Gasteiger partial charge on any atom is 0.261 e. The molecular formula is C19H21N3O2. The number of carbonyl (C=O) groups is 2. The van der Waals surface area contributed by atoms with Gasteiger partial charge in [0.25, 0.3) is 11.8 Å². The van der Waals surface area contributed by atoms with Gasteiger partial charge in [-0.15, -0.1) is 0 Å². The zero-order chi connectivity index (χ0) is 16.5. The molecule has 5 heteroatoms. The fourth-order valence-electron chi connectivity index (χ4n) is 3.58. The van der Waals surface area contributed by atoms with Gasteiger partial charge in [-0.05, 0) is 41.1 Å². The highest BCUT2D eigenvalue weighted by atomic mass is 16.2. The van der Waals surface area contributed by atoms with Crippen molar-refractivity contribution in [1.29, 1.82) is 0 Å². The average Bonchev–Trinajstić information content (AvgIpc) is 2.60. The first kappa shape index (κ1) is 15.3. The summed E-state index contributed by atoms with van der Waals surface area (Å²) in [4.78, 5) is 29.0. The quantitative estimate of drug-likeness (QED) is 0.838. The first-order valence-electron chi connectivity index (χ1n) is 8.55. The molecule has 0 aromatic heterocycles. The van der Waals surface area contributed by atoms with Crippen molar-refractivity contribution in [2.45, 2.75) is 6.42 Å². The average molecular weight is 323 g/mol. The number of nitrogens with zero attached hydrogens (tertiary/aromatic N) is 2. The molecule has 0 radical (unpaired) electrons. The maximum absolute atomic E-state index is 12.8. The van der Waals surface area contributed by atoms with Crippen molar-refractivity contribution in [3.63, 3.8) is 0 Å². The summed E-state index contributed by atoms with van der Waals surface area (Å²) >= 11 is 0. The van der Waals surface area contributed by atoms with Crippen LogP contribution in [0.15, 0.2) is 30.3 Å². The molecule has 0 atom stereocenters. The fraction of sp³-hybridized carbons (Fsp3) is 0.368. The Hall–Kier alpha value is -2.24. The highest BCUT2D eigenvalue weighted by Gasteiger charge is 2.27. The number of rotatable bonds is 4. The van der Waals surface area contributed by atoms with E-state index in [2.05, 4.69) is 10.2 Å². The summed E-state index contributed by atoms with van der Waals surface area (Å²) in [5.74, 6) is -0.357. The van der Waals surface area contributed by atoms with E-state index in [1.165, 1.54) is 4.90 Å². The molecule has 2 aliphatic heterocycles. The molecule has 1 N–H and O–H groups in total. The van der Waals surface area contributed by atoms with Crippen LogP contribution in [-0.4, -0.2) is 60.9 Å². The highest BCUT2D eigenvalue weighted by Crippen LogP contribution is 2.15. The maximum atomic E-state index is 12.8. The van der Waals surface area contributed by atoms with Crippen LogP contribution in [0.25, 0.3) is 16.8 Å². The zero-order valence-electron chi connectivity index (χ0n) is 13.6. The van der Waals surface area contributed by atoms with Gasteiger partial charge < -0.3 is 10.2 Å². The van der Waals surface area contributed by atoms with E-state index in [0.29, 0.717) is 12.1 Å². The van der Waals surface area contributed by atoms with Crippen LogP contribution in [0, 0.1) is 0 Å². The van der Waals surface area contributed by atoms with Crippen LogP contribution in [0.5, 0.6) is 0 Å². The molecule has 0 aliphatic carbocycles. The topological polar surface area (TPSA) is 52.7 Å². The van der Waals surface area contributed by atoms with Gasteiger partial charge in [0.15, 0.2) is 0 Å². The van der Waals surface area contributed by atoms with Crippen molar-refractivity contribution < 1.29 is 9.59 Å². The van der Waals surface area contributed by atoms with Gasteiger partial charge >= 0.3 is 0 Å². The van der Waals surface area contributed by atoms with Gasteiger partial charge in [-0.3, -0.25) is 14.5 Å². The van der Waals surface area contributed by atoms with Gasteiger partial charge in [-0.1, -0.05) is 18.2 Å². The van der Waals surface area contributed by atoms with E-state index in [-0.39, 0.29) is 11.8 Å². The van der Waals surface area contributed by atoms with Crippen molar-refractivity contribution in [3.05, 3.63) is 41.1 Å². The Morgan fingerprint density at radius 2 is 1.88 bits per heavy atom. The van der Waals surface area contributed by atoms with Crippen LogP contribution >= 0.6 is 0 Å². The van der Waals surface area contributed by atoms with E-state index in [9.17, 15) is 9.59 Å². The third-order valence-electron chi connectivity index (χ3n) is 4.87. The molecule has 0 spiro atoms. The number of imide groups is 1. The fourth-order valence-corrected chi connectivity index (χ4v) is 3.58. The Kier molecular flexibility index (Phi) is 4.04. The summed E-state index contributed by atoms with van der Waals surface area (Å²) in [7, 11) is 0. The summed E-state index contributed by atoms with van der Waals surface area (Å²) in [6, 6.07) is 9.77. The van der Waals surface area contributed by atoms with Crippen molar-refractivity contribution in [2.24, 2.45) is 0 Å².